The summed E-state index contributed by atoms with van der Waals surface area (Å²) in [6, 6.07) is 7.00. The first-order valence-corrected chi connectivity index (χ1v) is 8.52. The van der Waals surface area contributed by atoms with Gasteiger partial charge in [-0.2, -0.15) is 0 Å². The van der Waals surface area contributed by atoms with E-state index in [0.29, 0.717) is 44.7 Å². The van der Waals surface area contributed by atoms with Gasteiger partial charge in [-0.15, -0.1) is 0 Å². The predicted octanol–water partition coefficient (Wildman–Crippen LogP) is 3.84. The molecule has 146 valence electrons. The number of hydrogen-bond acceptors (Lipinski definition) is 6. The van der Waals surface area contributed by atoms with Crippen LogP contribution in [0.2, 0.25) is 0 Å². The van der Waals surface area contributed by atoms with E-state index in [1.54, 1.807) is 45.2 Å². The highest BCUT2D eigenvalue weighted by Crippen LogP contribution is 2.42. The molecule has 3 aromatic rings. The lowest BCUT2D eigenvalue weighted by Crippen LogP contribution is -2.07. The topological polar surface area (TPSA) is 106 Å². The van der Waals surface area contributed by atoms with Crippen LogP contribution in [-0.4, -0.2) is 36.4 Å². The summed E-state index contributed by atoms with van der Waals surface area (Å²) in [7, 11) is 2.77. The molecule has 0 bridgehead atoms. The van der Waals surface area contributed by atoms with E-state index < -0.39 is 11.9 Å². The van der Waals surface area contributed by atoms with E-state index in [9.17, 15) is 19.8 Å². The second-order valence-electron chi connectivity index (χ2n) is 6.38. The first kappa shape index (κ1) is 19.3. The van der Waals surface area contributed by atoms with Gasteiger partial charge in [0.25, 0.3) is 0 Å². The molecule has 7 nitrogen and oxygen atoms in total. The Labute approximate surface area is 161 Å². The number of carbonyl (C=O) groups is 2. The molecule has 0 unspecified atom stereocenters. The first-order valence-electron chi connectivity index (χ1n) is 8.52. The summed E-state index contributed by atoms with van der Waals surface area (Å²) in [6.45, 7) is 3.24. The third kappa shape index (κ3) is 3.05. The van der Waals surface area contributed by atoms with Crippen LogP contribution in [0.15, 0.2) is 28.7 Å². The van der Waals surface area contributed by atoms with Gasteiger partial charge >= 0.3 is 11.9 Å². The molecule has 0 radical (unpaired) electrons. The van der Waals surface area contributed by atoms with E-state index in [0.717, 1.165) is 0 Å². The van der Waals surface area contributed by atoms with Crippen molar-refractivity contribution in [3.63, 3.8) is 0 Å². The number of carbonyl (C=O) groups excluding carboxylic acids is 1. The Bertz CT molecular complexity index is 1070. The summed E-state index contributed by atoms with van der Waals surface area (Å²) >= 11 is 0. The summed E-state index contributed by atoms with van der Waals surface area (Å²) in [5.41, 5.74) is 2.17. The molecule has 3 rings (SSSR count). The smallest absolute Gasteiger partial charge is 0.341 e. The van der Waals surface area contributed by atoms with Crippen LogP contribution in [-0.2, 0) is 16.0 Å². The molecule has 2 N–H and O–H groups in total. The Morgan fingerprint density at radius 3 is 2.25 bits per heavy atom. The lowest BCUT2D eigenvalue weighted by molar-refractivity contribution is -0.136. The number of methoxy groups -OCH3 is 2. The van der Waals surface area contributed by atoms with Crippen molar-refractivity contribution in [3.05, 3.63) is 46.5 Å². The summed E-state index contributed by atoms with van der Waals surface area (Å²) in [4.78, 5) is 23.7. The standard InChI is InChI=1S/C21H20O7/c1-10-16-14(9-15(22)23)20(12-5-7-13(26-3)8-6-12)28-19(16)11(2)18(24)17(10)21(25)27-4/h5-8,24H,9H2,1-4H3,(H,22,23). The lowest BCUT2D eigenvalue weighted by Gasteiger charge is -2.11. The van der Waals surface area contributed by atoms with Gasteiger partial charge in [-0.05, 0) is 43.7 Å². The van der Waals surface area contributed by atoms with Crippen LogP contribution in [0.5, 0.6) is 11.5 Å². The van der Waals surface area contributed by atoms with Gasteiger partial charge in [-0.1, -0.05) is 0 Å². The van der Waals surface area contributed by atoms with Gasteiger partial charge in [0.15, 0.2) is 0 Å². The summed E-state index contributed by atoms with van der Waals surface area (Å²) in [5, 5.41) is 20.4. The summed E-state index contributed by atoms with van der Waals surface area (Å²) in [6.07, 6.45) is -0.306. The van der Waals surface area contributed by atoms with Gasteiger partial charge < -0.3 is 24.1 Å². The molecule has 28 heavy (non-hydrogen) atoms. The number of fused-ring (bicyclic) bond motifs is 1. The summed E-state index contributed by atoms with van der Waals surface area (Å²) in [5.74, 6) is -0.963. The fraction of sp³-hybridized carbons (Fsp3) is 0.238. The Hall–Kier alpha value is -3.48. The van der Waals surface area contributed by atoms with Crippen LogP contribution in [0, 0.1) is 13.8 Å². The molecule has 2 aromatic carbocycles. The third-order valence-electron chi connectivity index (χ3n) is 4.76. The molecule has 0 saturated carbocycles. The maximum Gasteiger partial charge on any atom is 0.341 e. The van der Waals surface area contributed by atoms with Gasteiger partial charge in [-0.3, -0.25) is 4.79 Å². The zero-order valence-electron chi connectivity index (χ0n) is 16.0. The first-order chi connectivity index (χ1) is 13.3. The van der Waals surface area contributed by atoms with Crippen molar-refractivity contribution in [2.75, 3.05) is 14.2 Å². The van der Waals surface area contributed by atoms with Crippen molar-refractivity contribution in [1.29, 1.82) is 0 Å². The second-order valence-corrected chi connectivity index (χ2v) is 6.38. The number of ether oxygens (including phenoxy) is 2. The van der Waals surface area contributed by atoms with Crippen LogP contribution in [0.1, 0.15) is 27.0 Å². The van der Waals surface area contributed by atoms with Gasteiger partial charge in [0.2, 0.25) is 0 Å². The molecule has 1 heterocycles. The fourth-order valence-electron chi connectivity index (χ4n) is 3.37. The molecule has 0 atom stereocenters. The number of phenols is 1. The highest BCUT2D eigenvalue weighted by atomic mass is 16.5. The van der Waals surface area contributed by atoms with Crippen molar-refractivity contribution in [3.8, 4) is 22.8 Å². The minimum atomic E-state index is -1.04. The molecule has 0 aliphatic carbocycles. The number of aromatic hydroxyl groups is 1. The molecule has 0 spiro atoms. The van der Waals surface area contributed by atoms with Crippen molar-refractivity contribution < 1.29 is 33.7 Å². The molecule has 7 heteroatoms. The van der Waals surface area contributed by atoms with Crippen LogP contribution < -0.4 is 4.74 Å². The molecule has 0 saturated heterocycles. The van der Waals surface area contributed by atoms with E-state index in [-0.39, 0.29) is 17.7 Å². The molecular weight excluding hydrogens is 364 g/mol. The molecule has 0 aliphatic heterocycles. The summed E-state index contributed by atoms with van der Waals surface area (Å²) < 4.78 is 15.9. The van der Waals surface area contributed by atoms with E-state index in [1.165, 1.54) is 7.11 Å². The normalized spacial score (nSPS) is 10.9. The largest absolute Gasteiger partial charge is 0.507 e. The lowest BCUT2D eigenvalue weighted by atomic mass is 9.94. The average Bonchev–Trinajstić information content (AvgIpc) is 3.05. The van der Waals surface area contributed by atoms with Gasteiger partial charge in [-0.25, -0.2) is 4.79 Å². The number of hydrogen-bond donors (Lipinski definition) is 2. The number of phenolic OH excluding ortho intramolecular Hbond substituents is 1. The Morgan fingerprint density at radius 2 is 1.71 bits per heavy atom. The highest BCUT2D eigenvalue weighted by Gasteiger charge is 2.28. The van der Waals surface area contributed by atoms with Crippen LogP contribution in [0.4, 0.5) is 0 Å². The van der Waals surface area contributed by atoms with Gasteiger partial charge in [0.1, 0.15) is 28.4 Å². The van der Waals surface area contributed by atoms with E-state index in [2.05, 4.69) is 0 Å². The monoisotopic (exact) mass is 384 g/mol. The minimum Gasteiger partial charge on any atom is -0.507 e. The number of benzene rings is 2. The minimum absolute atomic E-state index is 0.00113. The number of esters is 1. The Kier molecular flexibility index (Phi) is 5.00. The Balaban J connectivity index is 2.39. The van der Waals surface area contributed by atoms with Gasteiger partial charge in [0, 0.05) is 22.1 Å². The maximum atomic E-state index is 12.2. The number of aryl methyl sites for hydroxylation is 2. The third-order valence-corrected chi connectivity index (χ3v) is 4.76. The highest BCUT2D eigenvalue weighted by molar-refractivity contribution is 6.05. The van der Waals surface area contributed by atoms with Crippen molar-refractivity contribution >= 4 is 22.9 Å². The maximum absolute atomic E-state index is 12.2. The van der Waals surface area contributed by atoms with Crippen LogP contribution in [0.3, 0.4) is 0 Å². The second kappa shape index (κ2) is 7.26. The van der Waals surface area contributed by atoms with Crippen LogP contribution >= 0.6 is 0 Å². The number of aliphatic carboxylic acids is 1. The number of rotatable bonds is 5. The zero-order chi connectivity index (χ0) is 20.6. The van der Waals surface area contributed by atoms with E-state index in [4.69, 9.17) is 13.9 Å². The van der Waals surface area contributed by atoms with Crippen LogP contribution in [0.25, 0.3) is 22.3 Å². The molecule has 0 aliphatic rings. The zero-order valence-corrected chi connectivity index (χ0v) is 16.0. The van der Waals surface area contributed by atoms with Gasteiger partial charge in [0.05, 0.1) is 20.6 Å². The Morgan fingerprint density at radius 1 is 1.07 bits per heavy atom. The van der Waals surface area contributed by atoms with Crippen molar-refractivity contribution in [2.24, 2.45) is 0 Å². The number of carboxylic acids is 1. The molecule has 1 aromatic heterocycles. The quantitative estimate of drug-likeness (QED) is 0.644. The van der Waals surface area contributed by atoms with Crippen molar-refractivity contribution in [2.45, 2.75) is 20.3 Å². The molecular formula is C21H20O7. The van der Waals surface area contributed by atoms with Crippen molar-refractivity contribution in [1.82, 2.24) is 0 Å². The van der Waals surface area contributed by atoms with E-state index >= 15 is 0 Å². The fourth-order valence-corrected chi connectivity index (χ4v) is 3.37. The molecule has 0 amide bonds. The molecule has 0 fully saturated rings. The average molecular weight is 384 g/mol. The SMILES string of the molecule is COC(=O)c1c(O)c(C)c2oc(-c3ccc(OC)cc3)c(CC(=O)O)c2c1C. The predicted molar refractivity (Wildman–Crippen MR) is 102 cm³/mol. The number of furan rings is 1. The number of carboxylic acid groups (broad SMARTS) is 1. The van der Waals surface area contributed by atoms with E-state index in [1.807, 2.05) is 0 Å².